The molecule has 0 aliphatic rings. The number of aliphatic hydroxyl groups excluding tert-OH is 1. The molecule has 1 aromatic carbocycles. The summed E-state index contributed by atoms with van der Waals surface area (Å²) in [7, 11) is -3.55. The lowest BCUT2D eigenvalue weighted by molar-refractivity contribution is 0.118. The largest absolute Gasteiger partial charge is 0.393 e. The number of aryl methyl sites for hydroxylation is 1. The Bertz CT molecular complexity index is 529. The van der Waals surface area contributed by atoms with Crippen molar-refractivity contribution in [1.82, 2.24) is 4.72 Å². The van der Waals surface area contributed by atoms with Gasteiger partial charge in [-0.15, -0.1) is 0 Å². The fraction of sp³-hybridized carbons (Fsp3) is 0.538. The second-order valence-corrected chi connectivity index (χ2v) is 7.08. The molecule has 0 radical (unpaired) electrons. The van der Waals surface area contributed by atoms with E-state index in [2.05, 4.69) is 4.72 Å². The zero-order valence-electron chi connectivity index (χ0n) is 11.4. The molecule has 0 aromatic heterocycles. The first kappa shape index (κ1) is 16.4. The van der Waals surface area contributed by atoms with E-state index in [0.29, 0.717) is 17.0 Å². The molecule has 2 N–H and O–H groups in total. The van der Waals surface area contributed by atoms with E-state index in [1.807, 2.05) is 13.8 Å². The Labute approximate surface area is 119 Å². The third kappa shape index (κ3) is 4.76. The highest BCUT2D eigenvalue weighted by molar-refractivity contribution is 7.89. The molecular weight excluding hydrogens is 286 g/mol. The monoisotopic (exact) mass is 305 g/mol. The van der Waals surface area contributed by atoms with E-state index in [1.165, 1.54) is 6.07 Å². The van der Waals surface area contributed by atoms with Crippen LogP contribution in [0.3, 0.4) is 0 Å². The average Bonchev–Trinajstić information content (AvgIpc) is 2.27. The van der Waals surface area contributed by atoms with Crippen molar-refractivity contribution in [2.24, 2.45) is 5.92 Å². The summed E-state index contributed by atoms with van der Waals surface area (Å²) in [5.41, 5.74) is 0.601. The standard InChI is InChI=1S/C13H20ClNO3S/c1-9(2)12(16)6-7-15-19(17,18)13-5-4-11(14)8-10(13)3/h4-5,8-9,12,15-16H,6-7H2,1-3H3. The zero-order chi connectivity index (χ0) is 14.6. The van der Waals surface area contributed by atoms with E-state index in [0.717, 1.165) is 0 Å². The first-order valence-electron chi connectivity index (χ1n) is 6.18. The summed E-state index contributed by atoms with van der Waals surface area (Å²) in [6.07, 6.45) is -0.113. The number of hydrogen-bond donors (Lipinski definition) is 2. The number of aliphatic hydroxyl groups is 1. The van der Waals surface area contributed by atoms with Crippen LogP contribution in [0.1, 0.15) is 25.8 Å². The molecule has 0 spiro atoms. The normalized spacial score (nSPS) is 13.8. The Balaban J connectivity index is 2.71. The van der Waals surface area contributed by atoms with Gasteiger partial charge in [0.05, 0.1) is 11.0 Å². The minimum absolute atomic E-state index is 0.113. The molecule has 1 unspecified atom stereocenters. The highest BCUT2D eigenvalue weighted by Crippen LogP contribution is 2.19. The molecule has 1 rings (SSSR count). The van der Waals surface area contributed by atoms with Crippen LogP contribution in [0.4, 0.5) is 0 Å². The van der Waals surface area contributed by atoms with Gasteiger partial charge in [0, 0.05) is 11.6 Å². The number of hydrogen-bond acceptors (Lipinski definition) is 3. The van der Waals surface area contributed by atoms with Gasteiger partial charge in [-0.2, -0.15) is 0 Å². The summed E-state index contributed by atoms with van der Waals surface area (Å²) in [5.74, 6) is 0.113. The lowest BCUT2D eigenvalue weighted by Gasteiger charge is -2.15. The number of halogens is 1. The molecule has 1 atom stereocenters. The molecule has 4 nitrogen and oxygen atoms in total. The first-order chi connectivity index (χ1) is 8.74. The molecule has 19 heavy (non-hydrogen) atoms. The third-order valence-electron chi connectivity index (χ3n) is 2.93. The maximum absolute atomic E-state index is 12.1. The van der Waals surface area contributed by atoms with Gasteiger partial charge in [0.15, 0.2) is 0 Å². The number of sulfonamides is 1. The molecule has 6 heteroatoms. The minimum atomic E-state index is -3.55. The van der Waals surface area contributed by atoms with Crippen LogP contribution in [0.5, 0.6) is 0 Å². The van der Waals surface area contributed by atoms with Gasteiger partial charge in [0.2, 0.25) is 10.0 Å². The SMILES string of the molecule is Cc1cc(Cl)ccc1S(=O)(=O)NCCC(O)C(C)C. The summed E-state index contributed by atoms with van der Waals surface area (Å²) in [6, 6.07) is 4.64. The third-order valence-corrected chi connectivity index (χ3v) is 4.78. The van der Waals surface area contributed by atoms with Gasteiger partial charge in [-0.25, -0.2) is 13.1 Å². The van der Waals surface area contributed by atoms with Crippen LogP contribution in [0.25, 0.3) is 0 Å². The molecule has 0 aliphatic heterocycles. The molecule has 108 valence electrons. The van der Waals surface area contributed by atoms with Gasteiger partial charge in [-0.3, -0.25) is 0 Å². The Morgan fingerprint density at radius 3 is 2.53 bits per heavy atom. The Morgan fingerprint density at radius 2 is 2.00 bits per heavy atom. The molecule has 0 bridgehead atoms. The Kier molecular flexibility index (Phi) is 5.80. The highest BCUT2D eigenvalue weighted by atomic mass is 35.5. The fourth-order valence-electron chi connectivity index (χ4n) is 1.67. The van der Waals surface area contributed by atoms with Gasteiger partial charge in [0.1, 0.15) is 0 Å². The maximum atomic E-state index is 12.1. The Morgan fingerprint density at radius 1 is 1.37 bits per heavy atom. The molecule has 0 amide bonds. The lowest BCUT2D eigenvalue weighted by Crippen LogP contribution is -2.29. The van der Waals surface area contributed by atoms with Gasteiger partial charge in [-0.1, -0.05) is 25.4 Å². The Hall–Kier alpha value is -0.620. The van der Waals surface area contributed by atoms with Crippen molar-refractivity contribution < 1.29 is 13.5 Å². The fourth-order valence-corrected chi connectivity index (χ4v) is 3.17. The average molecular weight is 306 g/mol. The predicted molar refractivity (Wildman–Crippen MR) is 76.8 cm³/mol. The van der Waals surface area contributed by atoms with E-state index >= 15 is 0 Å². The number of benzene rings is 1. The van der Waals surface area contributed by atoms with Crippen LogP contribution in [0.15, 0.2) is 23.1 Å². The quantitative estimate of drug-likeness (QED) is 0.847. The van der Waals surface area contributed by atoms with Crippen LogP contribution in [-0.4, -0.2) is 26.2 Å². The van der Waals surface area contributed by atoms with Gasteiger partial charge in [0.25, 0.3) is 0 Å². The van der Waals surface area contributed by atoms with Crippen LogP contribution in [0, 0.1) is 12.8 Å². The van der Waals surface area contributed by atoms with Gasteiger partial charge < -0.3 is 5.11 Å². The molecular formula is C13H20ClNO3S. The summed E-state index contributed by atoms with van der Waals surface area (Å²) >= 11 is 5.80. The molecule has 0 saturated heterocycles. The van der Waals surface area contributed by atoms with E-state index < -0.39 is 16.1 Å². The van der Waals surface area contributed by atoms with E-state index in [-0.39, 0.29) is 17.4 Å². The van der Waals surface area contributed by atoms with Crippen molar-refractivity contribution in [3.05, 3.63) is 28.8 Å². The molecule has 1 aromatic rings. The zero-order valence-corrected chi connectivity index (χ0v) is 12.9. The van der Waals surface area contributed by atoms with Crippen molar-refractivity contribution in [1.29, 1.82) is 0 Å². The summed E-state index contributed by atoms with van der Waals surface area (Å²) in [4.78, 5) is 0.218. The number of rotatable bonds is 6. The molecule has 0 saturated carbocycles. The van der Waals surface area contributed by atoms with E-state index in [4.69, 9.17) is 11.6 Å². The topological polar surface area (TPSA) is 66.4 Å². The molecule has 0 heterocycles. The van der Waals surface area contributed by atoms with Crippen molar-refractivity contribution in [3.8, 4) is 0 Å². The van der Waals surface area contributed by atoms with Gasteiger partial charge in [-0.05, 0) is 43.0 Å². The van der Waals surface area contributed by atoms with Crippen molar-refractivity contribution in [2.45, 2.75) is 38.2 Å². The van der Waals surface area contributed by atoms with Gasteiger partial charge >= 0.3 is 0 Å². The highest BCUT2D eigenvalue weighted by Gasteiger charge is 2.17. The smallest absolute Gasteiger partial charge is 0.240 e. The second-order valence-electron chi connectivity index (χ2n) is 4.91. The first-order valence-corrected chi connectivity index (χ1v) is 8.04. The predicted octanol–water partition coefficient (Wildman–Crippen LogP) is 2.33. The van der Waals surface area contributed by atoms with Crippen LogP contribution in [0.2, 0.25) is 5.02 Å². The van der Waals surface area contributed by atoms with E-state index in [9.17, 15) is 13.5 Å². The lowest BCUT2D eigenvalue weighted by atomic mass is 10.1. The maximum Gasteiger partial charge on any atom is 0.240 e. The van der Waals surface area contributed by atoms with E-state index in [1.54, 1.807) is 19.1 Å². The van der Waals surface area contributed by atoms with Crippen molar-refractivity contribution in [2.75, 3.05) is 6.54 Å². The van der Waals surface area contributed by atoms with Crippen LogP contribution < -0.4 is 4.72 Å². The van der Waals surface area contributed by atoms with Crippen molar-refractivity contribution >= 4 is 21.6 Å². The van der Waals surface area contributed by atoms with Crippen LogP contribution >= 0.6 is 11.6 Å². The summed E-state index contributed by atoms with van der Waals surface area (Å²) in [5, 5.41) is 10.1. The second kappa shape index (κ2) is 6.70. The van der Waals surface area contributed by atoms with Crippen LogP contribution in [-0.2, 0) is 10.0 Å². The minimum Gasteiger partial charge on any atom is -0.393 e. The summed E-state index contributed by atoms with van der Waals surface area (Å²) in [6.45, 7) is 5.69. The number of nitrogens with one attached hydrogen (secondary N) is 1. The summed E-state index contributed by atoms with van der Waals surface area (Å²) < 4.78 is 26.7. The molecule has 0 aliphatic carbocycles. The molecule has 0 fully saturated rings. The van der Waals surface area contributed by atoms with Crippen molar-refractivity contribution in [3.63, 3.8) is 0 Å².